The van der Waals surface area contributed by atoms with E-state index in [4.69, 9.17) is 17.3 Å². The number of hydrogen-bond acceptors (Lipinski definition) is 2. The first kappa shape index (κ1) is 16.1. The van der Waals surface area contributed by atoms with Crippen molar-refractivity contribution in [2.24, 2.45) is 5.73 Å². The smallest absolute Gasteiger partial charge is 0.251 e. The van der Waals surface area contributed by atoms with E-state index in [2.05, 4.69) is 10.3 Å². The summed E-state index contributed by atoms with van der Waals surface area (Å²) in [5.74, 6) is -0.946. The predicted molar refractivity (Wildman–Crippen MR) is 93.9 cm³/mol. The second-order valence-electron chi connectivity index (χ2n) is 5.50. The molecule has 2 amide bonds. The largest absolute Gasteiger partial charge is 0.368 e. The van der Waals surface area contributed by atoms with Crippen LogP contribution in [0.25, 0.3) is 10.9 Å². The number of amides is 2. The SMILES string of the molecule is NC(=O)[C@@H](Cc1c[nH]c2ccccc12)NC(=O)c1ccc(Cl)cc1. The van der Waals surface area contributed by atoms with Crippen LogP contribution in [0.1, 0.15) is 15.9 Å². The highest BCUT2D eigenvalue weighted by atomic mass is 35.5. The Kier molecular flexibility index (Phi) is 4.53. The van der Waals surface area contributed by atoms with E-state index in [1.54, 1.807) is 24.3 Å². The van der Waals surface area contributed by atoms with Crippen LogP contribution in [0.2, 0.25) is 5.02 Å². The third-order valence-electron chi connectivity index (χ3n) is 3.85. The van der Waals surface area contributed by atoms with Crippen molar-refractivity contribution in [1.82, 2.24) is 10.3 Å². The molecule has 1 atom stereocenters. The highest BCUT2D eigenvalue weighted by Gasteiger charge is 2.20. The van der Waals surface area contributed by atoms with Gasteiger partial charge in [0.15, 0.2) is 0 Å². The minimum atomic E-state index is -0.799. The Morgan fingerprint density at radius 2 is 1.83 bits per heavy atom. The van der Waals surface area contributed by atoms with E-state index >= 15 is 0 Å². The normalized spacial score (nSPS) is 12.0. The molecule has 0 saturated carbocycles. The summed E-state index contributed by atoms with van der Waals surface area (Å²) in [5, 5.41) is 4.23. The molecular formula is C18H16ClN3O2. The minimum Gasteiger partial charge on any atom is -0.368 e. The lowest BCUT2D eigenvalue weighted by molar-refractivity contribution is -0.119. The summed E-state index contributed by atoms with van der Waals surface area (Å²) in [5.41, 5.74) is 7.78. The second kappa shape index (κ2) is 6.76. The van der Waals surface area contributed by atoms with Gasteiger partial charge in [-0.25, -0.2) is 0 Å². The van der Waals surface area contributed by atoms with Crippen molar-refractivity contribution < 1.29 is 9.59 Å². The lowest BCUT2D eigenvalue weighted by Gasteiger charge is -2.15. The van der Waals surface area contributed by atoms with E-state index in [1.807, 2.05) is 30.5 Å². The number of H-pyrrole nitrogens is 1. The van der Waals surface area contributed by atoms with Crippen LogP contribution in [0.15, 0.2) is 54.7 Å². The zero-order chi connectivity index (χ0) is 17.1. The zero-order valence-corrected chi connectivity index (χ0v) is 13.5. The second-order valence-corrected chi connectivity index (χ2v) is 5.94. The monoisotopic (exact) mass is 341 g/mol. The lowest BCUT2D eigenvalue weighted by atomic mass is 10.0. The van der Waals surface area contributed by atoms with E-state index < -0.39 is 11.9 Å². The van der Waals surface area contributed by atoms with Crippen molar-refractivity contribution in [2.75, 3.05) is 0 Å². The van der Waals surface area contributed by atoms with Gasteiger partial charge in [-0.3, -0.25) is 9.59 Å². The van der Waals surface area contributed by atoms with Crippen molar-refractivity contribution in [2.45, 2.75) is 12.5 Å². The Balaban J connectivity index is 1.79. The number of carbonyl (C=O) groups excluding carboxylic acids is 2. The number of primary amides is 1. The topological polar surface area (TPSA) is 88.0 Å². The fourth-order valence-electron chi connectivity index (χ4n) is 2.59. The molecule has 0 aliphatic rings. The van der Waals surface area contributed by atoms with E-state index in [1.165, 1.54) is 0 Å². The van der Waals surface area contributed by atoms with Crippen LogP contribution in [-0.4, -0.2) is 22.8 Å². The standard InChI is InChI=1S/C18H16ClN3O2/c19-13-7-5-11(6-8-13)18(24)22-16(17(20)23)9-12-10-21-15-4-2-1-3-14(12)15/h1-8,10,16,21H,9H2,(H2,20,23)(H,22,24)/t16-/m1/s1. The molecule has 1 heterocycles. The van der Waals surface area contributed by atoms with Gasteiger partial charge in [-0.15, -0.1) is 0 Å². The first-order chi connectivity index (χ1) is 11.5. The summed E-state index contributed by atoms with van der Waals surface area (Å²) in [6, 6.07) is 13.4. The Hall–Kier alpha value is -2.79. The quantitative estimate of drug-likeness (QED) is 0.666. The average molecular weight is 342 g/mol. The summed E-state index contributed by atoms with van der Waals surface area (Å²) in [6.07, 6.45) is 2.15. The lowest BCUT2D eigenvalue weighted by Crippen LogP contribution is -2.45. The molecule has 4 N–H and O–H groups in total. The molecule has 0 radical (unpaired) electrons. The molecule has 24 heavy (non-hydrogen) atoms. The third-order valence-corrected chi connectivity index (χ3v) is 4.11. The number of nitrogens with one attached hydrogen (secondary N) is 2. The van der Waals surface area contributed by atoms with Crippen molar-refractivity contribution >= 4 is 34.3 Å². The van der Waals surface area contributed by atoms with Gasteiger partial charge in [0, 0.05) is 34.1 Å². The highest BCUT2D eigenvalue weighted by Crippen LogP contribution is 2.19. The summed E-state index contributed by atoms with van der Waals surface area (Å²) in [7, 11) is 0. The molecule has 5 nitrogen and oxygen atoms in total. The molecule has 0 fully saturated rings. The number of halogens is 1. The maximum Gasteiger partial charge on any atom is 0.251 e. The first-order valence-corrected chi connectivity index (χ1v) is 7.83. The van der Waals surface area contributed by atoms with Crippen LogP contribution >= 0.6 is 11.6 Å². The van der Waals surface area contributed by atoms with Crippen LogP contribution in [0.3, 0.4) is 0 Å². The van der Waals surface area contributed by atoms with Gasteiger partial charge >= 0.3 is 0 Å². The summed E-state index contributed by atoms with van der Waals surface area (Å²) in [6.45, 7) is 0. The van der Waals surface area contributed by atoms with Crippen LogP contribution in [0.4, 0.5) is 0 Å². The van der Waals surface area contributed by atoms with Crippen LogP contribution in [0, 0.1) is 0 Å². The number of benzene rings is 2. The van der Waals surface area contributed by atoms with Gasteiger partial charge in [0.2, 0.25) is 5.91 Å². The number of fused-ring (bicyclic) bond motifs is 1. The van der Waals surface area contributed by atoms with Gasteiger partial charge in [-0.1, -0.05) is 29.8 Å². The number of para-hydroxylation sites is 1. The molecule has 2 aromatic carbocycles. The molecule has 0 saturated heterocycles. The number of nitrogens with two attached hydrogens (primary N) is 1. The Morgan fingerprint density at radius 3 is 2.54 bits per heavy atom. The fraction of sp³-hybridized carbons (Fsp3) is 0.111. The summed E-state index contributed by atoms with van der Waals surface area (Å²) in [4.78, 5) is 27.2. The first-order valence-electron chi connectivity index (χ1n) is 7.45. The molecule has 0 aliphatic carbocycles. The van der Waals surface area contributed by atoms with Gasteiger partial charge in [-0.2, -0.15) is 0 Å². The van der Waals surface area contributed by atoms with Crippen molar-refractivity contribution in [1.29, 1.82) is 0 Å². The van der Waals surface area contributed by atoms with E-state index in [0.717, 1.165) is 16.5 Å². The zero-order valence-electron chi connectivity index (χ0n) is 12.8. The molecule has 3 rings (SSSR count). The fourth-order valence-corrected chi connectivity index (χ4v) is 2.71. The van der Waals surface area contributed by atoms with Gasteiger partial charge in [0.25, 0.3) is 5.91 Å². The maximum absolute atomic E-state index is 12.3. The summed E-state index contributed by atoms with van der Waals surface area (Å²) >= 11 is 5.81. The molecule has 0 spiro atoms. The Morgan fingerprint density at radius 1 is 1.12 bits per heavy atom. The molecular weight excluding hydrogens is 326 g/mol. The minimum absolute atomic E-state index is 0.318. The van der Waals surface area contributed by atoms with E-state index in [9.17, 15) is 9.59 Å². The number of aromatic amines is 1. The maximum atomic E-state index is 12.3. The van der Waals surface area contributed by atoms with Gasteiger partial charge in [0.05, 0.1) is 0 Å². The van der Waals surface area contributed by atoms with Crippen molar-refractivity contribution in [3.05, 3.63) is 70.9 Å². The van der Waals surface area contributed by atoms with Gasteiger partial charge in [0.1, 0.15) is 6.04 Å². The number of rotatable bonds is 5. The number of aromatic nitrogens is 1. The van der Waals surface area contributed by atoms with Crippen molar-refractivity contribution in [3.63, 3.8) is 0 Å². The van der Waals surface area contributed by atoms with E-state index in [0.29, 0.717) is 17.0 Å². The molecule has 3 aromatic rings. The van der Waals surface area contributed by atoms with Crippen molar-refractivity contribution in [3.8, 4) is 0 Å². The molecule has 0 bridgehead atoms. The van der Waals surface area contributed by atoms with Crippen LogP contribution in [0.5, 0.6) is 0 Å². The number of hydrogen-bond donors (Lipinski definition) is 3. The van der Waals surface area contributed by atoms with Gasteiger partial charge < -0.3 is 16.0 Å². The summed E-state index contributed by atoms with van der Waals surface area (Å²) < 4.78 is 0. The number of carbonyl (C=O) groups is 2. The predicted octanol–water partition coefficient (Wildman–Crippen LogP) is 2.65. The molecule has 122 valence electrons. The van der Waals surface area contributed by atoms with Crippen LogP contribution < -0.4 is 11.1 Å². The Labute approximate surface area is 143 Å². The third kappa shape index (κ3) is 3.41. The molecule has 0 unspecified atom stereocenters. The molecule has 1 aromatic heterocycles. The Bertz CT molecular complexity index is 887. The highest BCUT2D eigenvalue weighted by molar-refractivity contribution is 6.30. The molecule has 0 aliphatic heterocycles. The van der Waals surface area contributed by atoms with Gasteiger partial charge in [-0.05, 0) is 35.9 Å². The average Bonchev–Trinajstić information content (AvgIpc) is 2.98. The van der Waals surface area contributed by atoms with Crippen LogP contribution in [-0.2, 0) is 11.2 Å². The molecule has 6 heteroatoms. The van der Waals surface area contributed by atoms with E-state index in [-0.39, 0.29) is 5.91 Å².